The van der Waals surface area contributed by atoms with Gasteiger partial charge in [-0.2, -0.15) is 5.10 Å². The third-order valence-electron chi connectivity index (χ3n) is 6.97. The number of benzene rings is 1. The predicted octanol–water partition coefficient (Wildman–Crippen LogP) is 5.34. The maximum Gasteiger partial charge on any atom is 0.282 e. The highest BCUT2D eigenvalue weighted by Crippen LogP contribution is 2.62. The van der Waals surface area contributed by atoms with Crippen molar-refractivity contribution in [3.8, 4) is 0 Å². The van der Waals surface area contributed by atoms with Crippen LogP contribution in [0.4, 0.5) is 14.5 Å². The number of rotatable bonds is 6. The van der Waals surface area contributed by atoms with E-state index < -0.39 is 12.7 Å². The smallest absolute Gasteiger partial charge is 0.282 e. The van der Waals surface area contributed by atoms with Crippen LogP contribution in [-0.4, -0.2) is 14.9 Å². The fraction of sp³-hybridized carbons (Fsp3) is 0.591. The minimum Gasteiger partial charge on any atom is -0.369 e. The van der Waals surface area contributed by atoms with Crippen molar-refractivity contribution in [1.29, 1.82) is 0 Å². The molecule has 5 atom stereocenters. The van der Waals surface area contributed by atoms with Crippen molar-refractivity contribution in [3.63, 3.8) is 0 Å². The fourth-order valence-corrected chi connectivity index (χ4v) is 5.48. The highest BCUT2D eigenvalue weighted by atomic mass is 19.3. The van der Waals surface area contributed by atoms with Crippen LogP contribution in [0.5, 0.6) is 0 Å². The van der Waals surface area contributed by atoms with E-state index in [-0.39, 0.29) is 11.3 Å². The van der Waals surface area contributed by atoms with Crippen LogP contribution < -0.4 is 5.32 Å². The summed E-state index contributed by atoms with van der Waals surface area (Å²) in [5.74, 6) is 2.88. The fourth-order valence-electron chi connectivity index (χ4n) is 5.48. The predicted molar refractivity (Wildman–Crippen MR) is 105 cm³/mol. The van der Waals surface area contributed by atoms with Crippen LogP contribution in [-0.2, 0) is 7.05 Å². The molecule has 4 unspecified atom stereocenters. The molecule has 0 radical (unpaired) electrons. The van der Waals surface area contributed by atoms with Gasteiger partial charge in [0.1, 0.15) is 5.69 Å². The Morgan fingerprint density at radius 3 is 2.57 bits per heavy atom. The Bertz CT molecular complexity index is 863. The number of nitrogens with one attached hydrogen (secondary N) is 1. The molecule has 0 amide bonds. The summed E-state index contributed by atoms with van der Waals surface area (Å²) in [7, 11) is 1.58. The molecule has 0 saturated heterocycles. The number of aryl methyl sites for hydroxylation is 1. The van der Waals surface area contributed by atoms with E-state index in [1.807, 2.05) is 12.1 Å². The molecule has 2 bridgehead atoms. The Balaban J connectivity index is 1.65. The van der Waals surface area contributed by atoms with Crippen molar-refractivity contribution < 1.29 is 13.9 Å². The lowest BCUT2D eigenvalue weighted by Crippen LogP contribution is -2.20. The van der Waals surface area contributed by atoms with Gasteiger partial charge < -0.3 is 10.4 Å². The van der Waals surface area contributed by atoms with Crippen molar-refractivity contribution in [1.82, 2.24) is 9.78 Å². The zero-order valence-electron chi connectivity index (χ0n) is 16.9. The van der Waals surface area contributed by atoms with Crippen LogP contribution in [0.2, 0.25) is 0 Å². The highest BCUT2D eigenvalue weighted by Gasteiger charge is 2.49. The Hall–Kier alpha value is -1.95. The van der Waals surface area contributed by atoms with Gasteiger partial charge >= 0.3 is 0 Å². The van der Waals surface area contributed by atoms with Crippen LogP contribution in [0.1, 0.15) is 80.5 Å². The second kappa shape index (κ2) is 7.14. The molecule has 1 fully saturated rings. The molecule has 1 aromatic heterocycles. The Morgan fingerprint density at radius 2 is 1.89 bits per heavy atom. The lowest BCUT2D eigenvalue weighted by atomic mass is 9.77. The second-order valence-electron chi connectivity index (χ2n) is 8.77. The first-order valence-electron chi connectivity index (χ1n) is 10.2. The first-order valence-corrected chi connectivity index (χ1v) is 10.2. The van der Waals surface area contributed by atoms with Crippen LogP contribution in [0, 0.1) is 17.8 Å². The summed E-state index contributed by atoms with van der Waals surface area (Å²) in [5, 5.41) is 17.6. The number of aliphatic hydroxyl groups is 1. The Labute approximate surface area is 165 Å². The molecule has 4 nitrogen and oxygen atoms in total. The molecule has 1 heterocycles. The third-order valence-corrected chi connectivity index (χ3v) is 6.97. The van der Waals surface area contributed by atoms with Gasteiger partial charge in [0, 0.05) is 24.5 Å². The van der Waals surface area contributed by atoms with Gasteiger partial charge in [0.2, 0.25) is 0 Å². The van der Waals surface area contributed by atoms with Gasteiger partial charge in [-0.1, -0.05) is 32.9 Å². The Morgan fingerprint density at radius 1 is 1.18 bits per heavy atom. The monoisotopic (exact) mass is 389 g/mol. The standard InChI is InChI=1S/C22H29F2N3O/c1-11(2)12(3)18-14-8-9-15(18)19-13(14)6-5-7-17(19)25-22(28)16-10-27(4)26-20(16)21(23)24/h5-7,10-12,14-15,18,21-22,25,28H,8-9H2,1-4H3/t12?,14-,15?,18?,22?/m1/s1. The molecule has 4 rings (SSSR count). The van der Waals surface area contributed by atoms with Gasteiger partial charge in [-0.05, 0) is 59.6 Å². The molecule has 0 aliphatic heterocycles. The molecule has 1 saturated carbocycles. The number of aromatic nitrogens is 2. The van der Waals surface area contributed by atoms with Crippen molar-refractivity contribution in [2.24, 2.45) is 24.8 Å². The quantitative estimate of drug-likeness (QED) is 0.656. The van der Waals surface area contributed by atoms with Crippen LogP contribution in [0.25, 0.3) is 0 Å². The van der Waals surface area contributed by atoms with Crippen LogP contribution >= 0.6 is 0 Å². The van der Waals surface area contributed by atoms with Crippen LogP contribution in [0.15, 0.2) is 24.4 Å². The van der Waals surface area contributed by atoms with Gasteiger partial charge in [0.25, 0.3) is 6.43 Å². The summed E-state index contributed by atoms with van der Waals surface area (Å²) in [5.41, 5.74) is 3.26. The van der Waals surface area contributed by atoms with Crippen molar-refractivity contribution in [3.05, 3.63) is 46.8 Å². The minimum atomic E-state index is -2.72. The molecule has 2 aliphatic carbocycles. The average molecular weight is 389 g/mol. The van der Waals surface area contributed by atoms with E-state index >= 15 is 0 Å². The number of fused-ring (bicyclic) bond motifs is 5. The van der Waals surface area contributed by atoms with Gasteiger partial charge in [0.05, 0.1) is 0 Å². The Kier molecular flexibility index (Phi) is 4.94. The SMILES string of the molecule is CC(C)C(C)C1C2CC[C@@H]1c1cccc(NC(O)c3cn(C)nc3C(F)F)c12. The maximum atomic E-state index is 13.3. The van der Waals surface area contributed by atoms with E-state index in [4.69, 9.17) is 0 Å². The lowest BCUT2D eigenvalue weighted by Gasteiger charge is -2.27. The molecule has 28 heavy (non-hydrogen) atoms. The van der Waals surface area contributed by atoms with E-state index in [1.54, 1.807) is 7.05 Å². The number of halogens is 2. The zero-order valence-corrected chi connectivity index (χ0v) is 16.9. The van der Waals surface area contributed by atoms with Crippen molar-refractivity contribution >= 4 is 5.69 Å². The molecule has 1 aromatic carbocycles. The number of hydrogen-bond acceptors (Lipinski definition) is 3. The van der Waals surface area contributed by atoms with E-state index in [0.29, 0.717) is 29.6 Å². The van der Waals surface area contributed by atoms with E-state index in [2.05, 4.69) is 37.3 Å². The number of anilines is 1. The molecule has 2 N–H and O–H groups in total. The third kappa shape index (κ3) is 3.02. The topological polar surface area (TPSA) is 50.1 Å². The lowest BCUT2D eigenvalue weighted by molar-refractivity contribution is 0.136. The summed E-state index contributed by atoms with van der Waals surface area (Å²) in [6.07, 6.45) is -0.115. The van der Waals surface area contributed by atoms with Crippen molar-refractivity contribution in [2.45, 2.75) is 58.1 Å². The maximum absolute atomic E-state index is 13.3. The van der Waals surface area contributed by atoms with E-state index in [1.165, 1.54) is 28.4 Å². The summed E-state index contributed by atoms with van der Waals surface area (Å²) >= 11 is 0. The summed E-state index contributed by atoms with van der Waals surface area (Å²) in [4.78, 5) is 0. The molecular formula is C22H29F2N3O. The van der Waals surface area contributed by atoms with E-state index in [0.717, 1.165) is 12.1 Å². The van der Waals surface area contributed by atoms with Crippen molar-refractivity contribution in [2.75, 3.05) is 5.32 Å². The molecule has 2 aliphatic rings. The van der Waals surface area contributed by atoms with Gasteiger partial charge in [0.15, 0.2) is 6.23 Å². The summed E-state index contributed by atoms with van der Waals surface area (Å²) in [6.45, 7) is 6.91. The molecule has 152 valence electrons. The summed E-state index contributed by atoms with van der Waals surface area (Å²) < 4.78 is 27.9. The zero-order chi connectivity index (χ0) is 20.2. The minimum absolute atomic E-state index is 0.130. The summed E-state index contributed by atoms with van der Waals surface area (Å²) in [6, 6.07) is 6.16. The number of aliphatic hydroxyl groups excluding tert-OH is 1. The second-order valence-corrected chi connectivity index (χ2v) is 8.77. The first-order chi connectivity index (χ1) is 13.3. The van der Waals surface area contributed by atoms with Gasteiger partial charge in [-0.15, -0.1) is 0 Å². The molecule has 6 heteroatoms. The number of nitrogens with zero attached hydrogens (tertiary/aromatic N) is 2. The highest BCUT2D eigenvalue weighted by molar-refractivity contribution is 5.62. The number of alkyl halides is 2. The van der Waals surface area contributed by atoms with Gasteiger partial charge in [-0.25, -0.2) is 8.78 Å². The molecular weight excluding hydrogens is 360 g/mol. The average Bonchev–Trinajstić information content (AvgIpc) is 3.32. The number of hydrogen-bond donors (Lipinski definition) is 2. The van der Waals surface area contributed by atoms with E-state index in [9.17, 15) is 13.9 Å². The molecule has 0 spiro atoms. The first kappa shape index (κ1) is 19.4. The normalized spacial score (nSPS) is 25.4. The van der Waals surface area contributed by atoms with Gasteiger partial charge in [-0.3, -0.25) is 4.68 Å². The van der Waals surface area contributed by atoms with Crippen LogP contribution in [0.3, 0.4) is 0 Å². The largest absolute Gasteiger partial charge is 0.369 e. The molecule has 2 aromatic rings.